The molecular formula is C36H36F3N3O9S3. The van der Waals surface area contributed by atoms with Gasteiger partial charge in [0.05, 0.1) is 48.8 Å². The molecule has 0 bridgehead atoms. The fourth-order valence-electron chi connectivity index (χ4n) is 5.33. The fourth-order valence-corrected chi connectivity index (χ4v) is 9.42. The van der Waals surface area contributed by atoms with E-state index in [1.54, 1.807) is 44.2 Å². The molecule has 0 radical (unpaired) electrons. The molecule has 0 saturated carbocycles. The minimum absolute atomic E-state index is 0.0788. The minimum atomic E-state index is -4.58. The van der Waals surface area contributed by atoms with Gasteiger partial charge in [-0.25, -0.2) is 30.6 Å². The molecule has 0 amide bonds. The lowest BCUT2D eigenvalue weighted by atomic mass is 10.1. The first-order valence-corrected chi connectivity index (χ1v) is 21.0. The quantitative estimate of drug-likeness (QED) is 0.108. The van der Waals surface area contributed by atoms with Crippen molar-refractivity contribution >= 4 is 47.7 Å². The predicted octanol–water partition coefficient (Wildman–Crippen LogP) is 5.96. The Hall–Kier alpha value is -4.81. The van der Waals surface area contributed by atoms with E-state index in [0.29, 0.717) is 0 Å². The number of carbonyl (C=O) groups excluding carboxylic acids is 1. The zero-order valence-electron chi connectivity index (χ0n) is 29.3. The standard InChI is InChI=1S/C36H36F3N3O9S3/c1-4-28-30(40-19-18-33(28)50-23-36(37,38)39)22-52(44)35-41-29-8-6-7-9-31(29)42(35)54(47,48)27-16-12-25(13-17-27)51-32(5-2)34(43)49-20-21-53(45,46)26-14-10-24(3)11-15-26/h6-19,32H,4-5,20-23H2,1-3H3. The Morgan fingerprint density at radius 3 is 2.24 bits per heavy atom. The number of fused-ring (bicyclic) bond motifs is 1. The number of benzene rings is 3. The van der Waals surface area contributed by atoms with Crippen molar-refractivity contribution in [2.24, 2.45) is 0 Å². The first kappa shape index (κ1) is 40.4. The van der Waals surface area contributed by atoms with E-state index < -0.39 is 67.9 Å². The molecule has 54 heavy (non-hydrogen) atoms. The van der Waals surface area contributed by atoms with Crippen LogP contribution in [0, 0.1) is 6.92 Å². The predicted molar refractivity (Wildman–Crippen MR) is 193 cm³/mol. The Morgan fingerprint density at radius 2 is 1.59 bits per heavy atom. The Morgan fingerprint density at radius 1 is 0.926 bits per heavy atom. The minimum Gasteiger partial charge on any atom is -0.484 e. The lowest BCUT2D eigenvalue weighted by molar-refractivity contribution is -0.153. The Labute approximate surface area is 312 Å². The van der Waals surface area contributed by atoms with Gasteiger partial charge in [-0.2, -0.15) is 13.2 Å². The summed E-state index contributed by atoms with van der Waals surface area (Å²) in [6.07, 6.45) is -4.13. The number of nitrogens with zero attached hydrogens (tertiary/aromatic N) is 3. The maximum atomic E-state index is 14.1. The normalized spacial score (nSPS) is 13.4. The van der Waals surface area contributed by atoms with Crippen LogP contribution < -0.4 is 9.47 Å². The van der Waals surface area contributed by atoms with Crippen LogP contribution in [0.3, 0.4) is 0 Å². The van der Waals surface area contributed by atoms with Crippen LogP contribution in [0.4, 0.5) is 13.2 Å². The van der Waals surface area contributed by atoms with Crippen molar-refractivity contribution in [3.63, 3.8) is 0 Å². The number of ether oxygens (including phenoxy) is 3. The Bertz CT molecular complexity index is 2370. The second kappa shape index (κ2) is 16.7. The molecule has 12 nitrogen and oxygen atoms in total. The highest BCUT2D eigenvalue weighted by Gasteiger charge is 2.31. The maximum absolute atomic E-state index is 14.1. The first-order valence-electron chi connectivity index (χ1n) is 16.5. The molecule has 0 aliphatic rings. The number of sulfone groups is 1. The van der Waals surface area contributed by atoms with Gasteiger partial charge in [0.25, 0.3) is 10.0 Å². The monoisotopic (exact) mass is 807 g/mol. The molecule has 0 N–H and O–H groups in total. The van der Waals surface area contributed by atoms with Gasteiger partial charge in [0.15, 0.2) is 22.5 Å². The summed E-state index contributed by atoms with van der Waals surface area (Å²) in [6.45, 7) is 3.22. The number of aromatic nitrogens is 3. The second-order valence-corrected chi connectivity index (χ2v) is 17.2. The topological polar surface area (TPSA) is 161 Å². The van der Waals surface area contributed by atoms with E-state index in [4.69, 9.17) is 14.2 Å². The number of para-hydroxylation sites is 2. The molecule has 5 aromatic rings. The average Bonchev–Trinajstić information content (AvgIpc) is 3.54. The van der Waals surface area contributed by atoms with Gasteiger partial charge in [0, 0.05) is 11.8 Å². The first-order chi connectivity index (χ1) is 25.5. The summed E-state index contributed by atoms with van der Waals surface area (Å²) in [5, 5.41) is -0.333. The zero-order valence-corrected chi connectivity index (χ0v) is 31.7. The van der Waals surface area contributed by atoms with Crippen LogP contribution in [0.5, 0.6) is 11.5 Å². The third kappa shape index (κ3) is 9.46. The van der Waals surface area contributed by atoms with Crippen molar-refractivity contribution in [1.82, 2.24) is 13.9 Å². The molecule has 2 atom stereocenters. The van der Waals surface area contributed by atoms with Crippen LogP contribution in [0.25, 0.3) is 11.0 Å². The molecule has 0 aliphatic carbocycles. The van der Waals surface area contributed by atoms with Crippen LogP contribution >= 0.6 is 0 Å². The van der Waals surface area contributed by atoms with Crippen molar-refractivity contribution in [3.8, 4) is 11.5 Å². The SMILES string of the molecule is CCc1c(OCC(F)(F)F)ccnc1CS(=O)c1nc2ccccc2n1S(=O)(=O)c1ccc(OC(CC)C(=O)OCCS(=O)(=O)c2ccc(C)cc2)cc1. The smallest absolute Gasteiger partial charge is 0.422 e. The van der Waals surface area contributed by atoms with Crippen molar-refractivity contribution < 1.29 is 53.2 Å². The van der Waals surface area contributed by atoms with E-state index in [9.17, 15) is 39.0 Å². The summed E-state index contributed by atoms with van der Waals surface area (Å²) in [7, 11) is -10.3. The molecule has 0 spiro atoms. The Kier molecular flexibility index (Phi) is 12.5. The third-order valence-corrected chi connectivity index (χ3v) is 12.8. The highest BCUT2D eigenvalue weighted by atomic mass is 32.2. The van der Waals surface area contributed by atoms with Crippen LogP contribution in [0.2, 0.25) is 0 Å². The van der Waals surface area contributed by atoms with Crippen LogP contribution in [-0.2, 0) is 52.4 Å². The number of halogens is 3. The molecule has 0 saturated heterocycles. The molecule has 18 heteroatoms. The van der Waals surface area contributed by atoms with E-state index in [1.165, 1.54) is 54.7 Å². The lowest BCUT2D eigenvalue weighted by Crippen LogP contribution is -2.30. The highest BCUT2D eigenvalue weighted by Crippen LogP contribution is 2.30. The number of esters is 1. The van der Waals surface area contributed by atoms with Gasteiger partial charge in [-0.15, -0.1) is 0 Å². The number of aryl methyl sites for hydroxylation is 1. The van der Waals surface area contributed by atoms with Crippen LogP contribution in [-0.4, -0.2) is 72.2 Å². The van der Waals surface area contributed by atoms with E-state index in [2.05, 4.69) is 9.97 Å². The number of hydrogen-bond donors (Lipinski definition) is 0. The lowest BCUT2D eigenvalue weighted by Gasteiger charge is -2.17. The highest BCUT2D eigenvalue weighted by molar-refractivity contribution is 7.91. The summed E-state index contributed by atoms with van der Waals surface area (Å²) < 4.78 is 123. The van der Waals surface area contributed by atoms with Gasteiger partial charge >= 0.3 is 12.1 Å². The van der Waals surface area contributed by atoms with Gasteiger partial charge in [0.1, 0.15) is 18.1 Å². The maximum Gasteiger partial charge on any atom is 0.422 e. The number of hydrogen-bond acceptors (Lipinski definition) is 11. The molecule has 288 valence electrons. The third-order valence-electron chi connectivity index (χ3n) is 8.06. The summed E-state index contributed by atoms with van der Waals surface area (Å²) in [6, 6.07) is 18.9. The number of carbonyl (C=O) groups is 1. The van der Waals surface area contributed by atoms with Gasteiger partial charge in [-0.05, 0) is 74.4 Å². The van der Waals surface area contributed by atoms with E-state index in [0.717, 1.165) is 9.54 Å². The van der Waals surface area contributed by atoms with E-state index >= 15 is 0 Å². The number of imidazole rings is 1. The fraction of sp³-hybridized carbons (Fsp3) is 0.306. The molecule has 2 aromatic heterocycles. The molecular weight excluding hydrogens is 772 g/mol. The number of rotatable bonds is 16. The van der Waals surface area contributed by atoms with Gasteiger partial charge < -0.3 is 14.2 Å². The van der Waals surface area contributed by atoms with Crippen molar-refractivity contribution in [1.29, 1.82) is 0 Å². The summed E-state index contributed by atoms with van der Waals surface area (Å²) in [5.74, 6) is -1.56. The largest absolute Gasteiger partial charge is 0.484 e. The summed E-state index contributed by atoms with van der Waals surface area (Å²) in [4.78, 5) is 21.2. The molecule has 5 rings (SSSR count). The van der Waals surface area contributed by atoms with Crippen LogP contribution in [0.15, 0.2) is 100 Å². The molecule has 0 aliphatic heterocycles. The van der Waals surface area contributed by atoms with Crippen molar-refractivity contribution in [2.45, 2.75) is 66.6 Å². The average molecular weight is 808 g/mol. The summed E-state index contributed by atoms with van der Waals surface area (Å²) in [5.41, 5.74) is 1.70. The Balaban J connectivity index is 1.33. The van der Waals surface area contributed by atoms with E-state index in [-0.39, 0.29) is 67.3 Å². The van der Waals surface area contributed by atoms with Crippen molar-refractivity contribution in [2.75, 3.05) is 19.0 Å². The number of pyridine rings is 1. The van der Waals surface area contributed by atoms with Crippen LogP contribution in [0.1, 0.15) is 37.1 Å². The van der Waals surface area contributed by atoms with E-state index in [1.807, 2.05) is 6.92 Å². The second-order valence-electron chi connectivity index (χ2n) is 11.9. The number of alkyl halides is 3. The zero-order chi connectivity index (χ0) is 39.3. The molecule has 2 heterocycles. The van der Waals surface area contributed by atoms with Gasteiger partial charge in [-0.3, -0.25) is 9.19 Å². The molecule has 3 aromatic carbocycles. The van der Waals surface area contributed by atoms with Crippen molar-refractivity contribution in [3.05, 3.63) is 102 Å². The summed E-state index contributed by atoms with van der Waals surface area (Å²) >= 11 is 0. The molecule has 2 unspecified atom stereocenters. The van der Waals surface area contributed by atoms with Gasteiger partial charge in [-0.1, -0.05) is 43.7 Å². The molecule has 0 fully saturated rings. The van der Waals surface area contributed by atoms with Gasteiger partial charge in [0.2, 0.25) is 5.16 Å².